The van der Waals surface area contributed by atoms with Gasteiger partial charge in [-0.2, -0.15) is 0 Å². The topological polar surface area (TPSA) is 114 Å². The van der Waals surface area contributed by atoms with Crippen LogP contribution in [0.4, 0.5) is 0 Å². The smallest absolute Gasteiger partial charge is 0.303 e. The fourth-order valence-corrected chi connectivity index (χ4v) is 4.67. The standard InChI is InChI=1S/C30H36O9/c1-7-22-9-11-23(12-10-22)14-25-15-24(13-8-17(25)2)27-29(37-20(5)33)30(38-21(6)34)28(36-19(4)32)26(39-27)16-35-18(3)31/h8-13,15,26-30H,7,14,16H2,1-6H3/t26-,27+,28-,29+,30+/m1/s1. The molecule has 1 heterocycles. The van der Waals surface area contributed by atoms with E-state index in [9.17, 15) is 19.2 Å². The van der Waals surface area contributed by atoms with Crippen molar-refractivity contribution in [2.75, 3.05) is 6.61 Å². The zero-order chi connectivity index (χ0) is 28.7. The third kappa shape index (κ3) is 8.13. The Hall–Kier alpha value is -3.72. The third-order valence-corrected chi connectivity index (χ3v) is 6.52. The quantitative estimate of drug-likeness (QED) is 0.344. The molecule has 0 bridgehead atoms. The average Bonchev–Trinajstić information content (AvgIpc) is 2.86. The lowest BCUT2D eigenvalue weighted by Crippen LogP contribution is -2.59. The highest BCUT2D eigenvalue weighted by Gasteiger charge is 2.52. The van der Waals surface area contributed by atoms with Crippen LogP contribution >= 0.6 is 0 Å². The van der Waals surface area contributed by atoms with Crippen molar-refractivity contribution in [2.24, 2.45) is 0 Å². The summed E-state index contributed by atoms with van der Waals surface area (Å²) < 4.78 is 28.2. The van der Waals surface area contributed by atoms with E-state index in [4.69, 9.17) is 23.7 Å². The van der Waals surface area contributed by atoms with Gasteiger partial charge in [-0.25, -0.2) is 0 Å². The summed E-state index contributed by atoms with van der Waals surface area (Å²) in [4.78, 5) is 47.8. The van der Waals surface area contributed by atoms with Crippen LogP contribution in [0, 0.1) is 6.92 Å². The second kappa shape index (κ2) is 13.4. The summed E-state index contributed by atoms with van der Waals surface area (Å²) in [6.45, 7) is 8.72. The minimum atomic E-state index is -1.21. The number of aryl methyl sites for hydroxylation is 2. The monoisotopic (exact) mass is 540 g/mol. The van der Waals surface area contributed by atoms with Gasteiger partial charge in [0, 0.05) is 27.7 Å². The van der Waals surface area contributed by atoms with Crippen LogP contribution in [0.5, 0.6) is 0 Å². The van der Waals surface area contributed by atoms with E-state index in [0.717, 1.165) is 23.1 Å². The molecule has 1 aliphatic heterocycles. The molecule has 0 aromatic heterocycles. The Labute approximate surface area is 228 Å². The van der Waals surface area contributed by atoms with Gasteiger partial charge in [-0.1, -0.05) is 49.4 Å². The molecule has 0 saturated carbocycles. The van der Waals surface area contributed by atoms with Gasteiger partial charge in [0.2, 0.25) is 0 Å². The lowest BCUT2D eigenvalue weighted by atomic mass is 9.88. The van der Waals surface area contributed by atoms with Crippen molar-refractivity contribution in [1.29, 1.82) is 0 Å². The van der Waals surface area contributed by atoms with E-state index in [1.165, 1.54) is 33.3 Å². The first-order valence-corrected chi connectivity index (χ1v) is 13.0. The summed E-state index contributed by atoms with van der Waals surface area (Å²) in [5, 5.41) is 0. The fourth-order valence-electron chi connectivity index (χ4n) is 4.67. The third-order valence-electron chi connectivity index (χ3n) is 6.52. The van der Waals surface area contributed by atoms with Crippen molar-refractivity contribution in [3.05, 3.63) is 70.3 Å². The molecule has 1 saturated heterocycles. The second-order valence-corrected chi connectivity index (χ2v) is 9.65. The number of rotatable bonds is 9. The summed E-state index contributed by atoms with van der Waals surface area (Å²) in [6.07, 6.45) is -3.82. The lowest BCUT2D eigenvalue weighted by molar-refractivity contribution is -0.254. The van der Waals surface area contributed by atoms with Crippen LogP contribution in [0.15, 0.2) is 42.5 Å². The molecule has 3 rings (SSSR count). The molecule has 210 valence electrons. The fraction of sp³-hybridized carbons (Fsp3) is 0.467. The van der Waals surface area contributed by atoms with Gasteiger partial charge >= 0.3 is 23.9 Å². The molecule has 0 unspecified atom stereocenters. The van der Waals surface area contributed by atoms with Crippen molar-refractivity contribution in [3.63, 3.8) is 0 Å². The molecule has 2 aromatic rings. The Morgan fingerprint density at radius 3 is 1.87 bits per heavy atom. The molecule has 39 heavy (non-hydrogen) atoms. The molecular weight excluding hydrogens is 504 g/mol. The molecule has 0 amide bonds. The van der Waals surface area contributed by atoms with E-state index in [2.05, 4.69) is 31.2 Å². The molecule has 0 radical (unpaired) electrons. The number of esters is 4. The Kier molecular flexibility index (Phi) is 10.2. The van der Waals surface area contributed by atoms with Crippen LogP contribution in [-0.4, -0.2) is 54.9 Å². The van der Waals surface area contributed by atoms with Gasteiger partial charge in [-0.3, -0.25) is 19.2 Å². The van der Waals surface area contributed by atoms with E-state index in [1.54, 1.807) is 0 Å². The molecule has 0 spiro atoms. The van der Waals surface area contributed by atoms with E-state index < -0.39 is 54.4 Å². The molecule has 9 nitrogen and oxygen atoms in total. The van der Waals surface area contributed by atoms with E-state index in [0.29, 0.717) is 12.0 Å². The zero-order valence-corrected chi connectivity index (χ0v) is 23.2. The van der Waals surface area contributed by atoms with Gasteiger partial charge in [-0.05, 0) is 47.6 Å². The van der Waals surface area contributed by atoms with Gasteiger partial charge in [0.05, 0.1) is 0 Å². The lowest BCUT2D eigenvalue weighted by Gasteiger charge is -2.44. The van der Waals surface area contributed by atoms with Gasteiger partial charge < -0.3 is 23.7 Å². The van der Waals surface area contributed by atoms with Gasteiger partial charge in [0.15, 0.2) is 18.3 Å². The SMILES string of the molecule is CCc1ccc(Cc2cc([C@@H]3O[C@H](COC(C)=O)[C@@H](OC(C)=O)[C@H](OC(C)=O)[C@H]3OC(C)=O)ccc2C)cc1. The highest BCUT2D eigenvalue weighted by Crippen LogP contribution is 2.38. The molecular formula is C30H36O9. The molecule has 9 heteroatoms. The van der Waals surface area contributed by atoms with Crippen LogP contribution in [-0.2, 0) is 55.7 Å². The number of carbonyl (C=O) groups excluding carboxylic acids is 4. The van der Waals surface area contributed by atoms with Crippen molar-refractivity contribution in [2.45, 2.75) is 84.9 Å². The summed E-state index contributed by atoms with van der Waals surface area (Å²) in [7, 11) is 0. The molecule has 0 aliphatic carbocycles. The van der Waals surface area contributed by atoms with Crippen molar-refractivity contribution in [3.8, 4) is 0 Å². The maximum atomic E-state index is 12.2. The van der Waals surface area contributed by atoms with E-state index >= 15 is 0 Å². The predicted octanol–water partition coefficient (Wildman–Crippen LogP) is 3.95. The Bertz CT molecular complexity index is 1190. The highest BCUT2D eigenvalue weighted by molar-refractivity contribution is 5.69. The van der Waals surface area contributed by atoms with Gasteiger partial charge in [0.1, 0.15) is 18.8 Å². The maximum absolute atomic E-state index is 12.2. The number of ether oxygens (including phenoxy) is 5. The minimum absolute atomic E-state index is 0.267. The van der Waals surface area contributed by atoms with Crippen LogP contribution < -0.4 is 0 Å². The first kappa shape index (κ1) is 29.8. The van der Waals surface area contributed by atoms with Gasteiger partial charge in [0.25, 0.3) is 0 Å². The van der Waals surface area contributed by atoms with Crippen molar-refractivity contribution < 1.29 is 42.9 Å². The van der Waals surface area contributed by atoms with Crippen LogP contribution in [0.25, 0.3) is 0 Å². The average molecular weight is 541 g/mol. The largest absolute Gasteiger partial charge is 0.463 e. The number of hydrogen-bond donors (Lipinski definition) is 0. The Morgan fingerprint density at radius 2 is 1.31 bits per heavy atom. The summed E-state index contributed by atoms with van der Waals surface area (Å²) in [5.74, 6) is -2.52. The van der Waals surface area contributed by atoms with Crippen LogP contribution in [0.1, 0.15) is 68.5 Å². The first-order valence-electron chi connectivity index (χ1n) is 13.0. The van der Waals surface area contributed by atoms with Gasteiger partial charge in [-0.15, -0.1) is 0 Å². The zero-order valence-electron chi connectivity index (χ0n) is 23.2. The minimum Gasteiger partial charge on any atom is -0.463 e. The molecule has 1 aliphatic rings. The molecule has 2 aromatic carbocycles. The van der Waals surface area contributed by atoms with Crippen molar-refractivity contribution >= 4 is 23.9 Å². The molecule has 0 N–H and O–H groups in total. The Morgan fingerprint density at radius 1 is 0.744 bits per heavy atom. The Balaban J connectivity index is 2.05. The normalized spacial score (nSPS) is 22.5. The molecule has 1 fully saturated rings. The first-order chi connectivity index (χ1) is 18.5. The van der Waals surface area contributed by atoms with Crippen LogP contribution in [0.2, 0.25) is 0 Å². The predicted molar refractivity (Wildman–Crippen MR) is 141 cm³/mol. The van der Waals surface area contributed by atoms with E-state index in [-0.39, 0.29) is 6.61 Å². The van der Waals surface area contributed by atoms with Crippen molar-refractivity contribution in [1.82, 2.24) is 0 Å². The number of benzene rings is 2. The molecule has 5 atom stereocenters. The number of hydrogen-bond acceptors (Lipinski definition) is 9. The number of carbonyl (C=O) groups is 4. The summed E-state index contributed by atoms with van der Waals surface area (Å²) >= 11 is 0. The second-order valence-electron chi connectivity index (χ2n) is 9.65. The van der Waals surface area contributed by atoms with Crippen LogP contribution in [0.3, 0.4) is 0 Å². The van der Waals surface area contributed by atoms with E-state index in [1.807, 2.05) is 25.1 Å². The maximum Gasteiger partial charge on any atom is 0.303 e. The summed E-state index contributed by atoms with van der Waals surface area (Å²) in [6, 6.07) is 14.2. The highest BCUT2D eigenvalue weighted by atomic mass is 16.7. The summed E-state index contributed by atoms with van der Waals surface area (Å²) in [5.41, 5.74) is 5.14.